The number of rotatable bonds is 3. The van der Waals surface area contributed by atoms with E-state index in [9.17, 15) is 0 Å². The van der Waals surface area contributed by atoms with Crippen LogP contribution in [0.25, 0.3) is 0 Å². The summed E-state index contributed by atoms with van der Waals surface area (Å²) < 4.78 is 11.2. The van der Waals surface area contributed by atoms with Crippen LogP contribution in [0.3, 0.4) is 0 Å². The second-order valence-electron chi connectivity index (χ2n) is 4.57. The first-order valence-corrected chi connectivity index (χ1v) is 5.13. The monoisotopic (exact) mass is 185 g/mol. The molecular formula is C10H19NO2. The number of hydrogen-bond donors (Lipinski definition) is 1. The highest BCUT2D eigenvalue weighted by molar-refractivity contribution is 4.98. The molecule has 1 N–H and O–H groups in total. The van der Waals surface area contributed by atoms with Gasteiger partial charge in [-0.3, -0.25) is 0 Å². The zero-order valence-electron chi connectivity index (χ0n) is 8.51. The Morgan fingerprint density at radius 3 is 3.23 bits per heavy atom. The highest BCUT2D eigenvalue weighted by Crippen LogP contribution is 2.37. The van der Waals surface area contributed by atoms with Gasteiger partial charge in [-0.25, -0.2) is 0 Å². The van der Waals surface area contributed by atoms with Crippen LogP contribution in [0, 0.1) is 11.3 Å². The molecule has 76 valence electrons. The van der Waals surface area contributed by atoms with Crippen LogP contribution in [0.1, 0.15) is 13.8 Å². The molecular weight excluding hydrogens is 166 g/mol. The Morgan fingerprint density at radius 2 is 2.46 bits per heavy atom. The van der Waals surface area contributed by atoms with Gasteiger partial charge in [-0.15, -0.1) is 0 Å². The molecule has 2 aliphatic heterocycles. The van der Waals surface area contributed by atoms with E-state index in [0.29, 0.717) is 12.0 Å². The van der Waals surface area contributed by atoms with Crippen molar-refractivity contribution in [3.05, 3.63) is 0 Å². The van der Waals surface area contributed by atoms with Crippen LogP contribution >= 0.6 is 0 Å². The van der Waals surface area contributed by atoms with Gasteiger partial charge in [0.15, 0.2) is 0 Å². The normalized spacial score (nSPS) is 38.5. The quantitative estimate of drug-likeness (QED) is 0.700. The Kier molecular flexibility index (Phi) is 2.58. The van der Waals surface area contributed by atoms with Crippen molar-refractivity contribution in [2.45, 2.75) is 20.0 Å². The summed E-state index contributed by atoms with van der Waals surface area (Å²) in [7, 11) is 0. The van der Waals surface area contributed by atoms with Crippen LogP contribution in [-0.4, -0.2) is 39.0 Å². The lowest BCUT2D eigenvalue weighted by molar-refractivity contribution is 0.00146. The van der Waals surface area contributed by atoms with E-state index in [1.54, 1.807) is 0 Å². The molecule has 0 aromatic heterocycles. The van der Waals surface area contributed by atoms with Crippen molar-refractivity contribution in [2.75, 3.05) is 32.9 Å². The van der Waals surface area contributed by atoms with Gasteiger partial charge in [-0.1, -0.05) is 0 Å². The smallest absolute Gasteiger partial charge is 0.0564 e. The van der Waals surface area contributed by atoms with Crippen molar-refractivity contribution in [1.82, 2.24) is 5.32 Å². The van der Waals surface area contributed by atoms with Crippen molar-refractivity contribution < 1.29 is 9.47 Å². The van der Waals surface area contributed by atoms with E-state index in [2.05, 4.69) is 19.2 Å². The molecule has 2 aliphatic rings. The van der Waals surface area contributed by atoms with Crippen molar-refractivity contribution in [1.29, 1.82) is 0 Å². The minimum Gasteiger partial charge on any atom is -0.380 e. The maximum Gasteiger partial charge on any atom is 0.0564 e. The molecule has 2 saturated heterocycles. The van der Waals surface area contributed by atoms with Crippen LogP contribution in [0.15, 0.2) is 0 Å². The zero-order chi connectivity index (χ0) is 9.31. The maximum absolute atomic E-state index is 5.71. The zero-order valence-corrected chi connectivity index (χ0v) is 8.51. The average molecular weight is 185 g/mol. The Balaban J connectivity index is 1.93. The highest BCUT2D eigenvalue weighted by atomic mass is 16.5. The van der Waals surface area contributed by atoms with E-state index in [4.69, 9.17) is 9.47 Å². The van der Waals surface area contributed by atoms with Gasteiger partial charge in [0, 0.05) is 24.4 Å². The van der Waals surface area contributed by atoms with Crippen LogP contribution in [0.2, 0.25) is 0 Å². The summed E-state index contributed by atoms with van der Waals surface area (Å²) in [5.41, 5.74) is 0.282. The topological polar surface area (TPSA) is 30.5 Å². The molecule has 2 fully saturated rings. The molecule has 2 rings (SSSR count). The molecule has 0 aromatic carbocycles. The van der Waals surface area contributed by atoms with Gasteiger partial charge < -0.3 is 14.8 Å². The van der Waals surface area contributed by atoms with Gasteiger partial charge in [0.1, 0.15) is 0 Å². The molecule has 3 nitrogen and oxygen atoms in total. The van der Waals surface area contributed by atoms with Gasteiger partial charge in [-0.05, 0) is 13.8 Å². The van der Waals surface area contributed by atoms with Gasteiger partial charge >= 0.3 is 0 Å². The lowest BCUT2D eigenvalue weighted by atomic mass is 9.82. The van der Waals surface area contributed by atoms with Crippen molar-refractivity contribution >= 4 is 0 Å². The Hall–Kier alpha value is -0.120. The molecule has 0 aromatic rings. The summed E-state index contributed by atoms with van der Waals surface area (Å²) in [6, 6.07) is 0. The summed E-state index contributed by atoms with van der Waals surface area (Å²) >= 11 is 0. The van der Waals surface area contributed by atoms with Gasteiger partial charge in [0.25, 0.3) is 0 Å². The fraction of sp³-hybridized carbons (Fsp3) is 1.00. The van der Waals surface area contributed by atoms with Crippen LogP contribution in [0.5, 0.6) is 0 Å². The second-order valence-corrected chi connectivity index (χ2v) is 4.57. The molecule has 3 heteroatoms. The van der Waals surface area contributed by atoms with Gasteiger partial charge in [-0.2, -0.15) is 0 Å². The van der Waals surface area contributed by atoms with Crippen LogP contribution < -0.4 is 5.32 Å². The van der Waals surface area contributed by atoms with Crippen molar-refractivity contribution in [2.24, 2.45) is 11.3 Å². The van der Waals surface area contributed by atoms with E-state index < -0.39 is 0 Å². The Morgan fingerprint density at radius 1 is 1.62 bits per heavy atom. The fourth-order valence-electron chi connectivity index (χ4n) is 2.21. The van der Waals surface area contributed by atoms with E-state index in [1.807, 2.05) is 0 Å². The molecule has 0 bridgehead atoms. The third-order valence-corrected chi connectivity index (χ3v) is 3.15. The van der Waals surface area contributed by atoms with Crippen molar-refractivity contribution in [3.63, 3.8) is 0 Å². The minimum atomic E-state index is 0.282. The SMILES string of the molecule is CC(C)OCC12CNCC1COC2. The number of fused-ring (bicyclic) bond motifs is 1. The second kappa shape index (κ2) is 3.56. The minimum absolute atomic E-state index is 0.282. The number of nitrogens with one attached hydrogen (secondary N) is 1. The molecule has 0 aliphatic carbocycles. The van der Waals surface area contributed by atoms with Crippen molar-refractivity contribution in [3.8, 4) is 0 Å². The third kappa shape index (κ3) is 1.73. The third-order valence-electron chi connectivity index (χ3n) is 3.15. The largest absolute Gasteiger partial charge is 0.380 e. The lowest BCUT2D eigenvalue weighted by Crippen LogP contribution is -2.35. The predicted molar refractivity (Wildman–Crippen MR) is 50.7 cm³/mol. The standard InChI is InChI=1S/C10H19NO2/c1-8(2)13-7-10-5-11-3-9(10)4-12-6-10/h8-9,11H,3-7H2,1-2H3. The van der Waals surface area contributed by atoms with Gasteiger partial charge in [0.2, 0.25) is 0 Å². The molecule has 0 spiro atoms. The molecule has 0 saturated carbocycles. The average Bonchev–Trinajstić information content (AvgIpc) is 2.57. The molecule has 2 unspecified atom stereocenters. The fourth-order valence-corrected chi connectivity index (χ4v) is 2.21. The number of hydrogen-bond acceptors (Lipinski definition) is 3. The Labute approximate surface area is 79.8 Å². The van der Waals surface area contributed by atoms with Gasteiger partial charge in [0.05, 0.1) is 25.9 Å². The molecule has 2 atom stereocenters. The molecule has 0 amide bonds. The van der Waals surface area contributed by atoms with E-state index in [1.165, 1.54) is 0 Å². The van der Waals surface area contributed by atoms with E-state index in [0.717, 1.165) is 32.9 Å². The van der Waals surface area contributed by atoms with Crippen LogP contribution in [-0.2, 0) is 9.47 Å². The first kappa shape index (κ1) is 9.44. The van der Waals surface area contributed by atoms with E-state index >= 15 is 0 Å². The van der Waals surface area contributed by atoms with E-state index in [-0.39, 0.29) is 5.41 Å². The predicted octanol–water partition coefficient (Wildman–Crippen LogP) is 0.647. The first-order valence-electron chi connectivity index (χ1n) is 5.13. The highest BCUT2D eigenvalue weighted by Gasteiger charge is 2.47. The summed E-state index contributed by atoms with van der Waals surface area (Å²) in [6.45, 7) is 8.97. The number of ether oxygens (including phenoxy) is 2. The maximum atomic E-state index is 5.71. The summed E-state index contributed by atoms with van der Waals surface area (Å²) in [4.78, 5) is 0. The first-order chi connectivity index (χ1) is 6.23. The summed E-state index contributed by atoms with van der Waals surface area (Å²) in [6.07, 6.45) is 0.330. The molecule has 13 heavy (non-hydrogen) atoms. The van der Waals surface area contributed by atoms with Crippen LogP contribution in [0.4, 0.5) is 0 Å². The summed E-state index contributed by atoms with van der Waals surface area (Å²) in [5, 5.41) is 3.43. The lowest BCUT2D eigenvalue weighted by Gasteiger charge is -2.26. The molecule has 2 heterocycles. The molecule has 0 radical (unpaired) electrons. The Bertz CT molecular complexity index is 172. The summed E-state index contributed by atoms with van der Waals surface area (Å²) in [5.74, 6) is 0.672.